The van der Waals surface area contributed by atoms with Crippen molar-refractivity contribution in [3.05, 3.63) is 52.8 Å². The van der Waals surface area contributed by atoms with Gasteiger partial charge in [-0.2, -0.15) is 0 Å². The van der Waals surface area contributed by atoms with E-state index in [9.17, 15) is 9.59 Å². The highest BCUT2D eigenvalue weighted by molar-refractivity contribution is 6.32. The molecule has 2 rings (SSSR count). The summed E-state index contributed by atoms with van der Waals surface area (Å²) in [4.78, 5) is 28.4. The van der Waals surface area contributed by atoms with Crippen LogP contribution in [0.3, 0.4) is 0 Å². The Labute approximate surface area is 161 Å². The van der Waals surface area contributed by atoms with E-state index in [1.54, 1.807) is 50.2 Å². The molecule has 0 saturated carbocycles. The Bertz CT molecular complexity index is 794. The Kier molecular flexibility index (Phi) is 6.45. The molecule has 1 heterocycles. The van der Waals surface area contributed by atoms with Crippen molar-refractivity contribution in [2.45, 2.75) is 32.5 Å². The van der Waals surface area contributed by atoms with Gasteiger partial charge in [-0.25, -0.2) is 9.78 Å². The van der Waals surface area contributed by atoms with E-state index in [0.29, 0.717) is 16.5 Å². The van der Waals surface area contributed by atoms with Crippen LogP contribution in [0, 0.1) is 0 Å². The number of benzene rings is 1. The molecule has 0 fully saturated rings. The van der Waals surface area contributed by atoms with Crippen LogP contribution in [0.25, 0.3) is 0 Å². The largest absolute Gasteiger partial charge is 0.476 e. The molecule has 2 aromatic rings. The molecule has 0 aliphatic rings. The number of halogens is 2. The van der Waals surface area contributed by atoms with Gasteiger partial charge in [0, 0.05) is 11.2 Å². The van der Waals surface area contributed by atoms with Crippen LogP contribution in [0.15, 0.2) is 42.6 Å². The summed E-state index contributed by atoms with van der Waals surface area (Å²) in [5.41, 5.74) is -0.965. The van der Waals surface area contributed by atoms with Gasteiger partial charge in [0.25, 0.3) is 5.91 Å². The zero-order chi connectivity index (χ0) is 19.3. The summed E-state index contributed by atoms with van der Waals surface area (Å²) < 4.78 is 10.9. The quantitative estimate of drug-likeness (QED) is 0.586. The van der Waals surface area contributed by atoms with E-state index in [0.717, 1.165) is 0 Å². The second kappa shape index (κ2) is 8.38. The smallest absolute Gasteiger partial charge is 0.350 e. The molecule has 138 valence electrons. The minimum Gasteiger partial charge on any atom is -0.476 e. The SMILES string of the molecule is CC(OC(=O)C(C)(C)Oc1ccc(Cl)cc1)C(=O)Nc1cccnc1Cl. The average molecular weight is 397 g/mol. The van der Waals surface area contributed by atoms with Crippen molar-refractivity contribution in [1.82, 2.24) is 4.98 Å². The van der Waals surface area contributed by atoms with Crippen LogP contribution < -0.4 is 10.1 Å². The third-order valence-corrected chi connectivity index (χ3v) is 3.90. The minimum absolute atomic E-state index is 0.144. The zero-order valence-corrected chi connectivity index (χ0v) is 16.0. The summed E-state index contributed by atoms with van der Waals surface area (Å²) in [5, 5.41) is 3.25. The highest BCUT2D eigenvalue weighted by Gasteiger charge is 2.34. The molecule has 1 aromatic heterocycles. The third-order valence-electron chi connectivity index (χ3n) is 3.35. The fourth-order valence-electron chi connectivity index (χ4n) is 1.91. The first-order valence-corrected chi connectivity index (χ1v) is 8.51. The molecular weight excluding hydrogens is 379 g/mol. The van der Waals surface area contributed by atoms with Gasteiger partial charge >= 0.3 is 5.97 Å². The number of nitrogens with one attached hydrogen (secondary N) is 1. The number of amides is 1. The molecule has 0 bridgehead atoms. The molecular formula is C18H18Cl2N2O4. The number of carbonyl (C=O) groups excluding carboxylic acids is 2. The fraction of sp³-hybridized carbons (Fsp3) is 0.278. The number of carbonyl (C=O) groups is 2. The van der Waals surface area contributed by atoms with Crippen LogP contribution in [0.1, 0.15) is 20.8 Å². The average Bonchev–Trinajstić information content (AvgIpc) is 2.58. The van der Waals surface area contributed by atoms with E-state index in [1.165, 1.54) is 13.1 Å². The fourth-order valence-corrected chi connectivity index (χ4v) is 2.20. The third kappa shape index (κ3) is 5.34. The van der Waals surface area contributed by atoms with E-state index in [2.05, 4.69) is 10.3 Å². The van der Waals surface area contributed by atoms with Gasteiger partial charge in [0.05, 0.1) is 5.69 Å². The van der Waals surface area contributed by atoms with Crippen LogP contribution in [-0.4, -0.2) is 28.6 Å². The first-order chi connectivity index (χ1) is 12.2. The topological polar surface area (TPSA) is 77.5 Å². The molecule has 8 heteroatoms. The normalized spacial score (nSPS) is 12.2. The maximum atomic E-state index is 12.4. The number of pyridine rings is 1. The summed E-state index contributed by atoms with van der Waals surface area (Å²) in [7, 11) is 0. The predicted molar refractivity (Wildman–Crippen MR) is 99.6 cm³/mol. The van der Waals surface area contributed by atoms with Crippen LogP contribution in [0.4, 0.5) is 5.69 Å². The van der Waals surface area contributed by atoms with Crippen LogP contribution in [0.2, 0.25) is 10.2 Å². The lowest BCUT2D eigenvalue weighted by atomic mass is 10.1. The summed E-state index contributed by atoms with van der Waals surface area (Å²) in [6.07, 6.45) is 0.449. The van der Waals surface area contributed by atoms with Crippen molar-refractivity contribution in [2.24, 2.45) is 0 Å². The monoisotopic (exact) mass is 396 g/mol. The molecule has 1 N–H and O–H groups in total. The molecule has 1 amide bonds. The van der Waals surface area contributed by atoms with Crippen molar-refractivity contribution in [3.63, 3.8) is 0 Å². The van der Waals surface area contributed by atoms with Gasteiger partial charge in [0.2, 0.25) is 0 Å². The molecule has 1 atom stereocenters. The van der Waals surface area contributed by atoms with Crippen LogP contribution >= 0.6 is 23.2 Å². The first kappa shape index (κ1) is 20.0. The van der Waals surface area contributed by atoms with Crippen molar-refractivity contribution in [2.75, 3.05) is 5.32 Å². The second-order valence-electron chi connectivity index (χ2n) is 5.94. The summed E-state index contributed by atoms with van der Waals surface area (Å²) in [5.74, 6) is -0.765. The number of aromatic nitrogens is 1. The van der Waals surface area contributed by atoms with Gasteiger partial charge in [-0.05, 0) is 57.2 Å². The molecule has 0 radical (unpaired) electrons. The maximum Gasteiger partial charge on any atom is 0.350 e. The number of rotatable bonds is 6. The van der Waals surface area contributed by atoms with Gasteiger partial charge in [0.1, 0.15) is 5.75 Å². The number of nitrogens with zero attached hydrogens (tertiary/aromatic N) is 1. The Hall–Kier alpha value is -2.31. The summed E-state index contributed by atoms with van der Waals surface area (Å²) in [6.45, 7) is 4.55. The Morgan fingerprint density at radius 2 is 1.81 bits per heavy atom. The predicted octanol–water partition coefficient (Wildman–Crippen LogP) is 4.12. The molecule has 1 unspecified atom stereocenters. The lowest BCUT2D eigenvalue weighted by Crippen LogP contribution is -2.43. The summed E-state index contributed by atoms with van der Waals surface area (Å²) in [6, 6.07) is 9.78. The Morgan fingerprint density at radius 1 is 1.15 bits per heavy atom. The van der Waals surface area contributed by atoms with Gasteiger partial charge in [-0.15, -0.1) is 0 Å². The highest BCUT2D eigenvalue weighted by atomic mass is 35.5. The maximum absolute atomic E-state index is 12.4. The number of esters is 1. The van der Waals surface area contributed by atoms with E-state index in [1.807, 2.05) is 0 Å². The molecule has 6 nitrogen and oxygen atoms in total. The van der Waals surface area contributed by atoms with Crippen molar-refractivity contribution >= 4 is 40.8 Å². The molecule has 0 aliphatic heterocycles. The number of anilines is 1. The van der Waals surface area contributed by atoms with E-state index in [-0.39, 0.29) is 5.15 Å². The van der Waals surface area contributed by atoms with Crippen molar-refractivity contribution in [3.8, 4) is 5.75 Å². The zero-order valence-electron chi connectivity index (χ0n) is 14.5. The van der Waals surface area contributed by atoms with Crippen LogP contribution in [-0.2, 0) is 14.3 Å². The molecule has 26 heavy (non-hydrogen) atoms. The van der Waals surface area contributed by atoms with Gasteiger partial charge in [-0.3, -0.25) is 4.79 Å². The van der Waals surface area contributed by atoms with Gasteiger partial charge in [0.15, 0.2) is 16.9 Å². The summed E-state index contributed by atoms with van der Waals surface area (Å²) >= 11 is 11.7. The minimum atomic E-state index is -1.30. The molecule has 0 aliphatic carbocycles. The number of ether oxygens (including phenoxy) is 2. The lowest BCUT2D eigenvalue weighted by molar-refractivity contribution is -0.166. The molecule has 0 saturated heterocycles. The number of hydrogen-bond acceptors (Lipinski definition) is 5. The van der Waals surface area contributed by atoms with Crippen molar-refractivity contribution < 1.29 is 19.1 Å². The van der Waals surface area contributed by atoms with Gasteiger partial charge in [-0.1, -0.05) is 23.2 Å². The Morgan fingerprint density at radius 3 is 2.42 bits per heavy atom. The standard InChI is InChI=1S/C18H18Cl2N2O4/c1-11(16(23)22-14-5-4-10-21-15(14)20)25-17(24)18(2,3)26-13-8-6-12(19)7-9-13/h4-11H,1-3H3,(H,22,23). The second-order valence-corrected chi connectivity index (χ2v) is 6.74. The lowest BCUT2D eigenvalue weighted by Gasteiger charge is -2.26. The molecule has 0 spiro atoms. The van der Waals surface area contributed by atoms with Crippen molar-refractivity contribution in [1.29, 1.82) is 0 Å². The van der Waals surface area contributed by atoms with Crippen LogP contribution in [0.5, 0.6) is 5.75 Å². The van der Waals surface area contributed by atoms with E-state index < -0.39 is 23.6 Å². The molecule has 1 aromatic carbocycles. The number of hydrogen-bond donors (Lipinski definition) is 1. The van der Waals surface area contributed by atoms with Gasteiger partial charge < -0.3 is 14.8 Å². The Balaban J connectivity index is 1.97. The van der Waals surface area contributed by atoms with E-state index in [4.69, 9.17) is 32.7 Å². The van der Waals surface area contributed by atoms with E-state index >= 15 is 0 Å². The first-order valence-electron chi connectivity index (χ1n) is 7.76. The highest BCUT2D eigenvalue weighted by Crippen LogP contribution is 2.22.